The van der Waals surface area contributed by atoms with Crippen LogP contribution in [0.2, 0.25) is 5.02 Å². The lowest BCUT2D eigenvalue weighted by molar-refractivity contribution is -0.142. The van der Waals surface area contributed by atoms with E-state index < -0.39 is 12.6 Å². The molecule has 0 fully saturated rings. The monoisotopic (exact) mass is 339 g/mol. The summed E-state index contributed by atoms with van der Waals surface area (Å²) in [5, 5.41) is 23.3. The molecule has 0 saturated heterocycles. The van der Waals surface area contributed by atoms with Gasteiger partial charge >= 0.3 is 5.97 Å². The molecule has 1 heterocycles. The Morgan fingerprint density at radius 2 is 2.04 bits per heavy atom. The highest BCUT2D eigenvalue weighted by Crippen LogP contribution is 2.16. The van der Waals surface area contributed by atoms with Crippen LogP contribution >= 0.6 is 11.6 Å². The molecule has 0 aliphatic rings. The van der Waals surface area contributed by atoms with Gasteiger partial charge in [0.15, 0.2) is 0 Å². The van der Waals surface area contributed by atoms with Crippen molar-refractivity contribution in [3.05, 3.63) is 29.3 Å². The van der Waals surface area contributed by atoms with Crippen LogP contribution in [-0.4, -0.2) is 56.9 Å². The zero-order valence-electron chi connectivity index (χ0n) is 12.0. The first-order valence-electron chi connectivity index (χ1n) is 6.64. The second-order valence-corrected chi connectivity index (χ2v) is 4.88. The van der Waals surface area contributed by atoms with Crippen LogP contribution in [0.15, 0.2) is 24.3 Å². The van der Waals surface area contributed by atoms with E-state index >= 15 is 0 Å². The fraction of sp³-hybridized carbons (Fsp3) is 0.308. The largest absolute Gasteiger partial charge is 0.480 e. The normalized spacial score (nSPS) is 10.5. The summed E-state index contributed by atoms with van der Waals surface area (Å²) < 4.78 is 4.79. The first kappa shape index (κ1) is 16.8. The number of aliphatic carboxylic acids is 1. The topological polar surface area (TPSA) is 119 Å². The van der Waals surface area contributed by atoms with Gasteiger partial charge < -0.3 is 15.2 Å². The number of carbonyl (C=O) groups excluding carboxylic acids is 1. The third kappa shape index (κ3) is 5.64. The van der Waals surface area contributed by atoms with E-state index in [-0.39, 0.29) is 25.6 Å². The Kier molecular flexibility index (Phi) is 6.01. The molecule has 1 aromatic carbocycles. The van der Waals surface area contributed by atoms with Gasteiger partial charge in [-0.3, -0.25) is 4.79 Å². The Labute approximate surface area is 136 Å². The molecule has 0 atom stereocenters. The molecule has 10 heteroatoms. The maximum Gasteiger partial charge on any atom is 0.329 e. The van der Waals surface area contributed by atoms with Gasteiger partial charge in [0.05, 0.1) is 6.61 Å². The third-order valence-electron chi connectivity index (χ3n) is 2.63. The van der Waals surface area contributed by atoms with Crippen molar-refractivity contribution in [1.29, 1.82) is 0 Å². The van der Waals surface area contributed by atoms with Crippen LogP contribution in [0, 0.1) is 0 Å². The van der Waals surface area contributed by atoms with Gasteiger partial charge in [-0.2, -0.15) is 4.80 Å². The van der Waals surface area contributed by atoms with Gasteiger partial charge in [0.2, 0.25) is 11.7 Å². The van der Waals surface area contributed by atoms with Crippen LogP contribution in [-0.2, 0) is 20.9 Å². The summed E-state index contributed by atoms with van der Waals surface area (Å²) in [7, 11) is 0. The van der Waals surface area contributed by atoms with Crippen molar-refractivity contribution in [2.75, 3.05) is 19.8 Å². The maximum absolute atomic E-state index is 11.7. The van der Waals surface area contributed by atoms with Gasteiger partial charge in [0.1, 0.15) is 13.2 Å². The Balaban J connectivity index is 1.78. The summed E-state index contributed by atoms with van der Waals surface area (Å²) in [6.07, 6.45) is 0. The van der Waals surface area contributed by atoms with Crippen molar-refractivity contribution in [2.45, 2.75) is 6.54 Å². The number of hydrogen-bond donors (Lipinski definition) is 2. The van der Waals surface area contributed by atoms with E-state index in [0.29, 0.717) is 10.8 Å². The van der Waals surface area contributed by atoms with Crippen molar-refractivity contribution in [3.8, 4) is 11.4 Å². The molecule has 2 N–H and O–H groups in total. The van der Waals surface area contributed by atoms with Gasteiger partial charge in [-0.25, -0.2) is 4.79 Å². The average molecular weight is 340 g/mol. The summed E-state index contributed by atoms with van der Waals surface area (Å²) in [6.45, 7) is -0.186. The number of nitrogens with one attached hydrogen (secondary N) is 1. The lowest BCUT2D eigenvalue weighted by atomic mass is 10.2. The number of halogens is 1. The van der Waals surface area contributed by atoms with E-state index in [4.69, 9.17) is 21.4 Å². The molecule has 0 aliphatic heterocycles. The Hall–Kier alpha value is -2.52. The molecule has 0 unspecified atom stereocenters. The zero-order valence-corrected chi connectivity index (χ0v) is 12.7. The van der Waals surface area contributed by atoms with E-state index in [9.17, 15) is 9.59 Å². The highest BCUT2D eigenvalue weighted by Gasteiger charge is 2.09. The minimum absolute atomic E-state index is 0.0977. The number of benzene rings is 1. The van der Waals surface area contributed by atoms with E-state index in [1.54, 1.807) is 24.3 Å². The molecule has 2 aromatic rings. The SMILES string of the molecule is O=C(O)COCCNC(=O)Cn1nnc(-c2ccc(Cl)cc2)n1. The van der Waals surface area contributed by atoms with E-state index in [1.807, 2.05) is 0 Å². The number of nitrogens with zero attached hydrogens (tertiary/aromatic N) is 4. The number of aromatic nitrogens is 4. The lowest BCUT2D eigenvalue weighted by Gasteiger charge is -2.04. The maximum atomic E-state index is 11.7. The van der Waals surface area contributed by atoms with E-state index in [1.165, 1.54) is 0 Å². The number of carbonyl (C=O) groups is 2. The minimum atomic E-state index is -1.06. The number of hydrogen-bond acceptors (Lipinski definition) is 6. The summed E-state index contributed by atoms with van der Waals surface area (Å²) in [5.41, 5.74) is 0.739. The summed E-state index contributed by atoms with van der Waals surface area (Å²) in [6, 6.07) is 6.93. The van der Waals surface area contributed by atoms with Gasteiger partial charge in [-0.1, -0.05) is 11.6 Å². The van der Waals surface area contributed by atoms with Crippen LogP contribution < -0.4 is 5.32 Å². The Morgan fingerprint density at radius 3 is 2.74 bits per heavy atom. The second kappa shape index (κ2) is 8.20. The fourth-order valence-electron chi connectivity index (χ4n) is 1.63. The van der Waals surface area contributed by atoms with Crippen molar-refractivity contribution in [3.63, 3.8) is 0 Å². The van der Waals surface area contributed by atoms with Crippen LogP contribution in [0.1, 0.15) is 0 Å². The van der Waals surface area contributed by atoms with Gasteiger partial charge in [0.25, 0.3) is 0 Å². The highest BCUT2D eigenvalue weighted by atomic mass is 35.5. The third-order valence-corrected chi connectivity index (χ3v) is 2.89. The number of ether oxygens (including phenoxy) is 1. The number of tetrazole rings is 1. The van der Waals surface area contributed by atoms with Gasteiger partial charge in [0, 0.05) is 17.1 Å². The predicted octanol–water partition coefficient (Wildman–Crippen LogP) is 0.211. The Morgan fingerprint density at radius 1 is 1.30 bits per heavy atom. The molecule has 0 radical (unpaired) electrons. The number of carboxylic acid groups (broad SMARTS) is 1. The molecule has 0 bridgehead atoms. The van der Waals surface area contributed by atoms with Crippen LogP contribution in [0.3, 0.4) is 0 Å². The summed E-state index contributed by atoms with van der Waals surface area (Å²) in [5.74, 6) is -0.999. The standard InChI is InChI=1S/C13H14ClN5O4/c14-10-3-1-9(2-4-10)13-16-18-19(17-13)7-11(20)15-5-6-23-8-12(21)22/h1-4H,5-8H2,(H,15,20)(H,21,22). The molecular weight excluding hydrogens is 326 g/mol. The van der Waals surface area contributed by atoms with E-state index in [2.05, 4.69) is 20.7 Å². The zero-order chi connectivity index (χ0) is 16.7. The summed E-state index contributed by atoms with van der Waals surface area (Å²) in [4.78, 5) is 23.1. The number of amides is 1. The molecule has 0 aliphatic carbocycles. The predicted molar refractivity (Wildman–Crippen MR) is 79.7 cm³/mol. The van der Waals surface area contributed by atoms with Crippen molar-refractivity contribution >= 4 is 23.5 Å². The first-order valence-corrected chi connectivity index (χ1v) is 7.02. The quantitative estimate of drug-likeness (QED) is 0.660. The molecular formula is C13H14ClN5O4. The molecule has 23 heavy (non-hydrogen) atoms. The van der Waals surface area contributed by atoms with Crippen LogP contribution in [0.25, 0.3) is 11.4 Å². The molecule has 1 amide bonds. The lowest BCUT2D eigenvalue weighted by Crippen LogP contribution is -2.31. The minimum Gasteiger partial charge on any atom is -0.480 e. The molecule has 2 rings (SSSR count). The summed E-state index contributed by atoms with van der Waals surface area (Å²) >= 11 is 5.80. The van der Waals surface area contributed by atoms with Gasteiger partial charge in [-0.05, 0) is 29.5 Å². The number of carboxylic acids is 1. The first-order chi connectivity index (χ1) is 11.0. The number of rotatable bonds is 8. The van der Waals surface area contributed by atoms with E-state index in [0.717, 1.165) is 10.4 Å². The average Bonchev–Trinajstić information content (AvgIpc) is 2.95. The fourth-order valence-corrected chi connectivity index (χ4v) is 1.76. The molecule has 122 valence electrons. The Bertz CT molecular complexity index is 673. The molecule has 0 spiro atoms. The van der Waals surface area contributed by atoms with Crippen LogP contribution in [0.4, 0.5) is 0 Å². The van der Waals surface area contributed by atoms with Crippen molar-refractivity contribution in [1.82, 2.24) is 25.5 Å². The van der Waals surface area contributed by atoms with Gasteiger partial charge in [-0.15, -0.1) is 10.2 Å². The highest BCUT2D eigenvalue weighted by molar-refractivity contribution is 6.30. The smallest absolute Gasteiger partial charge is 0.329 e. The molecule has 0 saturated carbocycles. The molecule has 1 aromatic heterocycles. The van der Waals surface area contributed by atoms with Crippen molar-refractivity contribution in [2.24, 2.45) is 0 Å². The van der Waals surface area contributed by atoms with Crippen LogP contribution in [0.5, 0.6) is 0 Å². The van der Waals surface area contributed by atoms with Crippen molar-refractivity contribution < 1.29 is 19.4 Å². The second-order valence-electron chi connectivity index (χ2n) is 4.45. The molecule has 9 nitrogen and oxygen atoms in total.